The number of carbonyl (C=O) groups excluding carboxylic acids is 6. The van der Waals surface area contributed by atoms with E-state index in [2.05, 4.69) is 48.0 Å². The Labute approximate surface area is 349 Å². The van der Waals surface area contributed by atoms with Crippen molar-refractivity contribution in [2.75, 3.05) is 71.3 Å². The minimum absolute atomic E-state index is 0.0397. The number of esters is 1. The lowest BCUT2D eigenvalue weighted by Crippen LogP contribution is -2.54. The Morgan fingerprint density at radius 2 is 1.60 bits per heavy atom. The molecule has 2 fully saturated rings. The number of hydrogen-bond acceptors (Lipinski definition) is 14. The van der Waals surface area contributed by atoms with E-state index in [0.29, 0.717) is 77.9 Å². The van der Waals surface area contributed by atoms with Gasteiger partial charge in [0.05, 0.1) is 76.5 Å². The molecule has 0 spiro atoms. The fourth-order valence-electron chi connectivity index (χ4n) is 8.72. The number of nitrogens with zero attached hydrogens (tertiary/aromatic N) is 1. The van der Waals surface area contributed by atoms with Crippen molar-refractivity contribution in [1.29, 1.82) is 0 Å². The van der Waals surface area contributed by atoms with Crippen molar-refractivity contribution in [1.82, 2.24) is 15.5 Å². The summed E-state index contributed by atoms with van der Waals surface area (Å²) in [6, 6.07) is 3.86. The molecule has 0 bridgehead atoms. The molecule has 17 nitrogen and oxygen atoms in total. The number of cyclic esters (lactones) is 1. The number of carbonyl (C=O) groups is 6. The summed E-state index contributed by atoms with van der Waals surface area (Å²) in [5.41, 5.74) is 2.04. The van der Waals surface area contributed by atoms with Crippen molar-refractivity contribution in [3.05, 3.63) is 53.1 Å². The van der Waals surface area contributed by atoms with Crippen molar-refractivity contribution in [3.8, 4) is 0 Å². The Morgan fingerprint density at radius 3 is 2.30 bits per heavy atom. The lowest BCUT2D eigenvalue weighted by molar-refractivity contribution is -0.160. The number of rotatable bonds is 21. The molecule has 5 aliphatic rings. The van der Waals surface area contributed by atoms with Crippen molar-refractivity contribution in [2.24, 2.45) is 23.7 Å². The fourth-order valence-corrected chi connectivity index (χ4v) is 8.72. The molecule has 3 heterocycles. The number of fused-ring (bicyclic) bond motifs is 2. The first-order valence-corrected chi connectivity index (χ1v) is 21.1. The molecule has 8 atom stereocenters. The predicted octanol–water partition coefficient (Wildman–Crippen LogP) is 2.91. The normalized spacial score (nSPS) is 27.5. The zero-order valence-corrected chi connectivity index (χ0v) is 34.4. The van der Waals surface area contributed by atoms with Crippen LogP contribution in [0.15, 0.2) is 42.0 Å². The molecule has 0 radical (unpaired) electrons. The molecule has 0 aromatic heterocycles. The first-order valence-electron chi connectivity index (χ1n) is 21.1. The molecule has 0 saturated carbocycles. The number of allylic oxidation sites excluding steroid dienone is 3. The number of aliphatic hydroxyl groups is 1. The second kappa shape index (κ2) is 21.7. The summed E-state index contributed by atoms with van der Waals surface area (Å²) < 4.78 is 33.9. The van der Waals surface area contributed by atoms with Crippen molar-refractivity contribution in [3.63, 3.8) is 0 Å². The van der Waals surface area contributed by atoms with Gasteiger partial charge >= 0.3 is 12.1 Å². The maximum Gasteiger partial charge on any atom is 0.407 e. The van der Waals surface area contributed by atoms with Gasteiger partial charge < -0.3 is 44.2 Å². The average molecular weight is 839 g/mol. The van der Waals surface area contributed by atoms with Crippen LogP contribution in [0, 0.1) is 23.7 Å². The van der Waals surface area contributed by atoms with E-state index in [9.17, 15) is 33.9 Å². The van der Waals surface area contributed by atoms with E-state index in [0.717, 1.165) is 17.7 Å². The molecule has 1 aromatic carbocycles. The Bertz CT molecular complexity index is 1780. The van der Waals surface area contributed by atoms with Gasteiger partial charge in [-0.15, -0.1) is 0 Å². The Morgan fingerprint density at radius 1 is 0.900 bits per heavy atom. The maximum atomic E-state index is 13.2. The summed E-state index contributed by atoms with van der Waals surface area (Å²) in [6.07, 6.45) is 7.69. The molecule has 5 amide bonds. The minimum atomic E-state index is -1.03. The first kappa shape index (κ1) is 44.9. The van der Waals surface area contributed by atoms with Crippen LogP contribution in [0.25, 0.3) is 0 Å². The summed E-state index contributed by atoms with van der Waals surface area (Å²) >= 11 is 0. The van der Waals surface area contributed by atoms with Crippen molar-refractivity contribution < 1.29 is 62.3 Å². The van der Waals surface area contributed by atoms with Crippen LogP contribution in [0.1, 0.15) is 79.5 Å². The molecule has 4 N–H and O–H groups in total. The number of alkyl carbamates (subject to hydrolysis) is 1. The maximum absolute atomic E-state index is 13.2. The smallest absolute Gasteiger partial charge is 0.407 e. The average Bonchev–Trinajstić information content (AvgIpc) is 3.46. The van der Waals surface area contributed by atoms with Gasteiger partial charge in [-0.3, -0.25) is 34.2 Å². The second-order valence-electron chi connectivity index (χ2n) is 16.0. The number of amides is 5. The fraction of sp³-hybridized carbons (Fsp3) is 0.628. The van der Waals surface area contributed by atoms with Gasteiger partial charge in [0.2, 0.25) is 11.8 Å². The predicted molar refractivity (Wildman–Crippen MR) is 215 cm³/mol. The van der Waals surface area contributed by atoms with Gasteiger partial charge in [0.15, 0.2) is 0 Å². The summed E-state index contributed by atoms with van der Waals surface area (Å²) in [7, 11) is 0. The third kappa shape index (κ3) is 11.8. The van der Waals surface area contributed by atoms with Crippen LogP contribution in [-0.2, 0) is 42.8 Å². The highest BCUT2D eigenvalue weighted by Crippen LogP contribution is 2.45. The second-order valence-corrected chi connectivity index (χ2v) is 16.0. The number of piperidine rings is 1. The number of ether oxygens (including phenoxy) is 6. The number of anilines is 1. The first-order chi connectivity index (χ1) is 29.0. The molecule has 3 aliphatic heterocycles. The lowest BCUT2D eigenvalue weighted by Gasteiger charge is -2.43. The van der Waals surface area contributed by atoms with Crippen LogP contribution in [0.2, 0.25) is 0 Å². The van der Waals surface area contributed by atoms with Gasteiger partial charge in [-0.2, -0.15) is 0 Å². The molecule has 6 rings (SSSR count). The van der Waals surface area contributed by atoms with Gasteiger partial charge in [-0.25, -0.2) is 4.79 Å². The summed E-state index contributed by atoms with van der Waals surface area (Å²) in [6.45, 7) is 7.71. The number of hydrogen-bond donors (Lipinski definition) is 4. The lowest BCUT2D eigenvalue weighted by atomic mass is 9.65. The molecule has 328 valence electrons. The highest BCUT2D eigenvalue weighted by Gasteiger charge is 2.46. The van der Waals surface area contributed by atoms with Crippen LogP contribution in [0.3, 0.4) is 0 Å². The van der Waals surface area contributed by atoms with E-state index >= 15 is 0 Å². The van der Waals surface area contributed by atoms with Crippen molar-refractivity contribution >= 4 is 41.4 Å². The van der Waals surface area contributed by atoms with Crippen LogP contribution < -0.4 is 16.0 Å². The van der Waals surface area contributed by atoms with E-state index in [-0.39, 0.29) is 78.8 Å². The zero-order chi connectivity index (χ0) is 42.6. The molecule has 1 unspecified atom stereocenters. The largest absolute Gasteiger partial charge is 0.462 e. The minimum Gasteiger partial charge on any atom is -0.462 e. The number of benzene rings is 1. The summed E-state index contributed by atoms with van der Waals surface area (Å²) in [4.78, 5) is 75.8. The van der Waals surface area contributed by atoms with Gasteiger partial charge in [0, 0.05) is 37.5 Å². The van der Waals surface area contributed by atoms with Gasteiger partial charge in [-0.05, 0) is 61.1 Å². The monoisotopic (exact) mass is 838 g/mol. The van der Waals surface area contributed by atoms with Crippen LogP contribution in [0.4, 0.5) is 10.5 Å². The summed E-state index contributed by atoms with van der Waals surface area (Å²) in [5, 5.41) is 18.2. The zero-order valence-electron chi connectivity index (χ0n) is 34.4. The number of nitrogens with one attached hydrogen (secondary N) is 3. The van der Waals surface area contributed by atoms with E-state index in [1.54, 1.807) is 18.2 Å². The molecular weight excluding hydrogens is 780 g/mol. The highest BCUT2D eigenvalue weighted by molar-refractivity contribution is 6.25. The molecule has 17 heteroatoms. The molecular formula is C43H58N4O13. The van der Waals surface area contributed by atoms with Crippen LogP contribution in [0.5, 0.6) is 0 Å². The van der Waals surface area contributed by atoms with Gasteiger partial charge in [0.1, 0.15) is 18.2 Å². The van der Waals surface area contributed by atoms with E-state index in [1.807, 2.05) is 0 Å². The number of aliphatic hydroxyl groups excluding tert-OH is 1. The van der Waals surface area contributed by atoms with E-state index in [4.69, 9.17) is 28.4 Å². The Hall–Kier alpha value is -4.68. The van der Waals surface area contributed by atoms with Gasteiger partial charge in [0.25, 0.3) is 11.8 Å². The standard InChI is InChI=1S/C43H58N4O13/c1-26-22-28-7-6-27(2)31(9-8-30-24-29(48)25-37(50)59-30)38(28)35(23-26)60-43(54)45-13-15-56-17-19-58-21-20-57-18-16-55-14-12-44-33-5-3-4-32-39(33)42(53)47(41(32)52)34-10-11-36(49)46-40(34)51/h3-7,22,26-27,29-31,34-35,38,44,48H,8-21,23-25H2,1-2H3,(H,45,54)(H,46,49,51)/t26-,27-,29+,30+,31-,34?,35-,38-/m0/s1. The molecule has 2 saturated heterocycles. The molecule has 2 aliphatic carbocycles. The van der Waals surface area contributed by atoms with E-state index in [1.165, 1.54) is 5.57 Å². The van der Waals surface area contributed by atoms with Crippen LogP contribution in [-0.4, -0.2) is 136 Å². The molecule has 1 aromatic rings. The Balaban J connectivity index is 0.778. The molecule has 60 heavy (non-hydrogen) atoms. The summed E-state index contributed by atoms with van der Waals surface area (Å²) in [5.74, 6) is -1.81. The third-order valence-electron chi connectivity index (χ3n) is 11.6. The quantitative estimate of drug-likeness (QED) is 0.0796. The third-order valence-corrected chi connectivity index (χ3v) is 11.6. The van der Waals surface area contributed by atoms with Crippen molar-refractivity contribution in [2.45, 2.75) is 83.1 Å². The van der Waals surface area contributed by atoms with Crippen LogP contribution >= 0.6 is 0 Å². The number of imide groups is 2. The van der Waals surface area contributed by atoms with E-state index < -0.39 is 41.9 Å². The van der Waals surface area contributed by atoms with Gasteiger partial charge in [-0.1, -0.05) is 38.1 Å². The highest BCUT2D eigenvalue weighted by atomic mass is 16.6. The Kier molecular flexibility index (Phi) is 16.2. The topological polar surface area (TPSA) is 217 Å². The SMILES string of the molecule is C[C@H]1C=C2C=C[C@H](C)[C@H](CC[C@@H]3C[C@@H](O)CC(=O)O3)[C@H]2[C@@H](OC(=O)NCCOCCOCCOCCOCCNc2cccc3c2C(=O)N(C2CCC(=O)NC2=O)C3=O)C1.